The first-order valence-electron chi connectivity index (χ1n) is 10.1. The van der Waals surface area contributed by atoms with Crippen molar-refractivity contribution < 1.29 is 14.3 Å². The Kier molecular flexibility index (Phi) is 6.26. The van der Waals surface area contributed by atoms with Gasteiger partial charge >= 0.3 is 0 Å². The normalized spacial score (nSPS) is 18.5. The second-order valence-electron chi connectivity index (χ2n) is 8.40. The molecule has 1 aliphatic rings. The second-order valence-corrected chi connectivity index (χ2v) is 8.40. The van der Waals surface area contributed by atoms with Crippen molar-refractivity contribution in [2.75, 3.05) is 13.7 Å². The van der Waals surface area contributed by atoms with E-state index in [1.165, 1.54) is 11.1 Å². The molecular formula is C24H30N2O3. The van der Waals surface area contributed by atoms with E-state index in [0.29, 0.717) is 18.1 Å². The lowest BCUT2D eigenvalue weighted by molar-refractivity contribution is -0.122. The van der Waals surface area contributed by atoms with Crippen LogP contribution in [0.4, 0.5) is 0 Å². The molecule has 0 bridgehead atoms. The summed E-state index contributed by atoms with van der Waals surface area (Å²) in [5.41, 5.74) is 6.16. The third-order valence-electron chi connectivity index (χ3n) is 5.21. The van der Waals surface area contributed by atoms with E-state index in [9.17, 15) is 4.79 Å². The van der Waals surface area contributed by atoms with Gasteiger partial charge in [-0.15, -0.1) is 0 Å². The molecule has 5 nitrogen and oxygen atoms in total. The average Bonchev–Trinajstić information content (AvgIpc) is 3.49. The molecule has 3 rings (SSSR count). The van der Waals surface area contributed by atoms with Crippen LogP contribution < -0.4 is 14.9 Å². The smallest absolute Gasteiger partial charge is 0.243 e. The van der Waals surface area contributed by atoms with E-state index in [2.05, 4.69) is 55.6 Å². The van der Waals surface area contributed by atoms with E-state index < -0.39 is 0 Å². The maximum atomic E-state index is 12.4. The number of benzene rings is 2. The van der Waals surface area contributed by atoms with E-state index in [0.717, 1.165) is 12.0 Å². The molecule has 1 saturated carbocycles. The number of ether oxygens (including phenoxy) is 2. The number of hydrogen-bond donors (Lipinski definition) is 1. The zero-order chi connectivity index (χ0) is 21.0. The molecule has 0 saturated heterocycles. The highest BCUT2D eigenvalue weighted by Crippen LogP contribution is 2.47. The van der Waals surface area contributed by atoms with Gasteiger partial charge in [-0.1, -0.05) is 45.0 Å². The van der Waals surface area contributed by atoms with Crippen LogP contribution in [0.3, 0.4) is 0 Å². The molecule has 0 aliphatic heterocycles. The molecule has 2 atom stereocenters. The van der Waals surface area contributed by atoms with Crippen LogP contribution in [0, 0.1) is 5.92 Å². The summed E-state index contributed by atoms with van der Waals surface area (Å²) in [5, 5.41) is 4.11. The van der Waals surface area contributed by atoms with Crippen LogP contribution in [-0.4, -0.2) is 25.8 Å². The Morgan fingerprint density at radius 3 is 2.52 bits per heavy atom. The van der Waals surface area contributed by atoms with Gasteiger partial charge in [0.05, 0.1) is 19.9 Å². The van der Waals surface area contributed by atoms with Gasteiger partial charge in [-0.2, -0.15) is 5.10 Å². The molecule has 2 aromatic rings. The second kappa shape index (κ2) is 8.68. The summed E-state index contributed by atoms with van der Waals surface area (Å²) in [6.45, 7) is 9.07. The monoisotopic (exact) mass is 394 g/mol. The number of hydrogen-bond acceptors (Lipinski definition) is 4. The highest BCUT2D eigenvalue weighted by Gasteiger charge is 2.44. The zero-order valence-electron chi connectivity index (χ0n) is 17.9. The van der Waals surface area contributed by atoms with E-state index in [4.69, 9.17) is 9.47 Å². The molecule has 0 radical (unpaired) electrons. The fourth-order valence-corrected chi connectivity index (χ4v) is 3.38. The van der Waals surface area contributed by atoms with Crippen molar-refractivity contribution in [1.29, 1.82) is 0 Å². The first-order valence-corrected chi connectivity index (χ1v) is 10.1. The summed E-state index contributed by atoms with van der Waals surface area (Å²) in [7, 11) is 1.61. The molecule has 0 heterocycles. The zero-order valence-corrected chi connectivity index (χ0v) is 17.9. The number of carbonyl (C=O) groups is 1. The van der Waals surface area contributed by atoms with Crippen molar-refractivity contribution in [3.63, 3.8) is 0 Å². The molecule has 0 aromatic heterocycles. The van der Waals surface area contributed by atoms with Gasteiger partial charge in [-0.05, 0) is 59.6 Å². The summed E-state index contributed by atoms with van der Waals surface area (Å²) in [6.07, 6.45) is 2.49. The molecule has 1 amide bonds. The quantitative estimate of drug-likeness (QED) is 0.549. The van der Waals surface area contributed by atoms with Gasteiger partial charge in [0.2, 0.25) is 5.91 Å². The molecule has 0 unspecified atom stereocenters. The molecule has 1 fully saturated rings. The number of nitrogens with zero attached hydrogens (tertiary/aromatic N) is 1. The SMILES string of the molecule is CCOc1cc(C=NNC(=O)[C@@H]2C[C@H]2c2ccc(C(C)(C)C)cc2)ccc1OC. The van der Waals surface area contributed by atoms with Crippen molar-refractivity contribution >= 4 is 12.1 Å². The summed E-state index contributed by atoms with van der Waals surface area (Å²) in [6, 6.07) is 14.2. The maximum Gasteiger partial charge on any atom is 0.243 e. The Labute approximate surface area is 173 Å². The molecular weight excluding hydrogens is 364 g/mol. The van der Waals surface area contributed by atoms with Crippen LogP contribution in [0.15, 0.2) is 47.6 Å². The fraction of sp³-hybridized carbons (Fsp3) is 0.417. The average molecular weight is 395 g/mol. The van der Waals surface area contributed by atoms with Crippen molar-refractivity contribution in [3.8, 4) is 11.5 Å². The Hall–Kier alpha value is -2.82. The Morgan fingerprint density at radius 2 is 1.90 bits per heavy atom. The van der Waals surface area contributed by atoms with E-state index in [-0.39, 0.29) is 23.2 Å². The lowest BCUT2D eigenvalue weighted by atomic mass is 9.86. The minimum absolute atomic E-state index is 0.0116. The molecule has 1 aliphatic carbocycles. The third kappa shape index (κ3) is 5.17. The van der Waals surface area contributed by atoms with Gasteiger partial charge in [-0.25, -0.2) is 5.43 Å². The Bertz CT molecular complexity index is 882. The van der Waals surface area contributed by atoms with Gasteiger partial charge in [-0.3, -0.25) is 4.79 Å². The summed E-state index contributed by atoms with van der Waals surface area (Å²) in [4.78, 5) is 12.4. The van der Waals surface area contributed by atoms with Crippen LogP contribution in [0.5, 0.6) is 11.5 Å². The number of methoxy groups -OCH3 is 1. The van der Waals surface area contributed by atoms with Gasteiger partial charge < -0.3 is 9.47 Å². The Morgan fingerprint density at radius 1 is 1.17 bits per heavy atom. The third-order valence-corrected chi connectivity index (χ3v) is 5.21. The van der Waals surface area contributed by atoms with Gasteiger partial charge in [0, 0.05) is 5.92 Å². The van der Waals surface area contributed by atoms with E-state index in [1.54, 1.807) is 13.3 Å². The van der Waals surface area contributed by atoms with Crippen molar-refractivity contribution in [3.05, 3.63) is 59.2 Å². The maximum absolute atomic E-state index is 12.4. The van der Waals surface area contributed by atoms with Crippen molar-refractivity contribution in [1.82, 2.24) is 5.43 Å². The largest absolute Gasteiger partial charge is 0.493 e. The Balaban J connectivity index is 1.56. The minimum atomic E-state index is -0.0373. The molecule has 2 aromatic carbocycles. The van der Waals surface area contributed by atoms with Crippen LogP contribution >= 0.6 is 0 Å². The number of carbonyl (C=O) groups excluding carboxylic acids is 1. The number of amides is 1. The lowest BCUT2D eigenvalue weighted by Crippen LogP contribution is -2.20. The first-order chi connectivity index (χ1) is 13.8. The first kappa shape index (κ1) is 20.9. The highest BCUT2D eigenvalue weighted by molar-refractivity contribution is 5.86. The van der Waals surface area contributed by atoms with Crippen LogP contribution in [0.2, 0.25) is 0 Å². The standard InChI is InChI=1S/C24H30N2O3/c1-6-29-22-13-16(7-12-21(22)28-5)15-25-26-23(27)20-14-19(20)17-8-10-18(11-9-17)24(2,3)4/h7-13,15,19-20H,6,14H2,1-5H3,(H,26,27)/t19-,20+/m0/s1. The summed E-state index contributed by atoms with van der Waals surface area (Å²) in [5.74, 6) is 1.56. The van der Waals surface area contributed by atoms with E-state index in [1.807, 2.05) is 25.1 Å². The number of nitrogens with one attached hydrogen (secondary N) is 1. The molecule has 5 heteroatoms. The molecule has 154 valence electrons. The molecule has 29 heavy (non-hydrogen) atoms. The van der Waals surface area contributed by atoms with Crippen molar-refractivity contribution in [2.24, 2.45) is 11.0 Å². The van der Waals surface area contributed by atoms with E-state index >= 15 is 0 Å². The lowest BCUT2D eigenvalue weighted by Gasteiger charge is -2.19. The van der Waals surface area contributed by atoms with Gasteiger partial charge in [0.15, 0.2) is 11.5 Å². The van der Waals surface area contributed by atoms with Crippen LogP contribution in [0.25, 0.3) is 0 Å². The van der Waals surface area contributed by atoms with Gasteiger partial charge in [0.1, 0.15) is 0 Å². The molecule has 0 spiro atoms. The number of hydrazone groups is 1. The van der Waals surface area contributed by atoms with Crippen LogP contribution in [0.1, 0.15) is 56.7 Å². The predicted octanol–water partition coefficient (Wildman–Crippen LogP) is 4.65. The number of rotatable bonds is 7. The molecule has 1 N–H and O–H groups in total. The van der Waals surface area contributed by atoms with Crippen LogP contribution in [-0.2, 0) is 10.2 Å². The minimum Gasteiger partial charge on any atom is -0.493 e. The topological polar surface area (TPSA) is 59.9 Å². The summed E-state index contributed by atoms with van der Waals surface area (Å²) >= 11 is 0. The predicted molar refractivity (Wildman–Crippen MR) is 116 cm³/mol. The summed E-state index contributed by atoms with van der Waals surface area (Å²) < 4.78 is 10.8. The van der Waals surface area contributed by atoms with Gasteiger partial charge in [0.25, 0.3) is 0 Å². The fourth-order valence-electron chi connectivity index (χ4n) is 3.38. The highest BCUT2D eigenvalue weighted by atomic mass is 16.5. The van der Waals surface area contributed by atoms with Crippen molar-refractivity contribution in [2.45, 2.75) is 45.4 Å².